The van der Waals surface area contributed by atoms with Gasteiger partial charge >= 0.3 is 0 Å². The molecule has 0 saturated heterocycles. The first-order valence-corrected chi connectivity index (χ1v) is 9.78. The minimum Gasteiger partial charge on any atom is -0.345 e. The molecule has 1 atom stereocenters. The second-order valence-corrected chi connectivity index (χ2v) is 8.97. The molecular weight excluding hydrogens is 320 g/mol. The second-order valence-electron chi connectivity index (χ2n) is 8.53. The van der Waals surface area contributed by atoms with E-state index >= 15 is 0 Å². The van der Waals surface area contributed by atoms with Gasteiger partial charge in [-0.1, -0.05) is 23.7 Å². The normalized spacial score (nSPS) is 35.0. The molecule has 1 aromatic rings. The largest absolute Gasteiger partial charge is 0.345 e. The molecule has 24 heavy (non-hydrogen) atoms. The molecule has 3 N–H and O–H groups in total. The molecule has 4 saturated carbocycles. The first-order chi connectivity index (χ1) is 11.5. The van der Waals surface area contributed by atoms with Crippen LogP contribution < -0.4 is 10.6 Å². The summed E-state index contributed by atoms with van der Waals surface area (Å²) in [5, 5.41) is 6.24. The summed E-state index contributed by atoms with van der Waals surface area (Å²) in [7, 11) is 0. The van der Waals surface area contributed by atoms with Crippen LogP contribution in [0.15, 0.2) is 24.3 Å². The topological polar surface area (TPSA) is 45.7 Å². The Bertz CT molecular complexity index is 577. The standard InChI is InChI=1S/C20H27ClN2O/c1-13(17-2-4-18(21)5-3-17)23-19(24)12-22-20-9-14-6-15(10-20)8-16(7-14)11-20/h2-5,13-16,22H,6-12H2,1H3,(H,23,24)/p+1/t13-,14?,15?,16?,20?/m1/s1. The van der Waals surface area contributed by atoms with Gasteiger partial charge in [0.15, 0.2) is 6.54 Å². The monoisotopic (exact) mass is 347 g/mol. The van der Waals surface area contributed by atoms with Crippen LogP contribution in [0, 0.1) is 17.8 Å². The molecule has 5 rings (SSSR count). The van der Waals surface area contributed by atoms with Crippen LogP contribution in [0.1, 0.15) is 57.1 Å². The van der Waals surface area contributed by atoms with Gasteiger partial charge in [-0.15, -0.1) is 0 Å². The van der Waals surface area contributed by atoms with Crippen molar-refractivity contribution in [3.05, 3.63) is 34.9 Å². The van der Waals surface area contributed by atoms with Gasteiger partial charge in [-0.25, -0.2) is 0 Å². The van der Waals surface area contributed by atoms with Crippen LogP contribution in [0.2, 0.25) is 5.02 Å². The summed E-state index contributed by atoms with van der Waals surface area (Å²) in [6.45, 7) is 2.59. The summed E-state index contributed by atoms with van der Waals surface area (Å²) in [5.41, 5.74) is 1.47. The maximum absolute atomic E-state index is 12.4. The number of hydrogen-bond donors (Lipinski definition) is 2. The molecule has 0 radical (unpaired) electrons. The Balaban J connectivity index is 1.31. The van der Waals surface area contributed by atoms with Gasteiger partial charge in [-0.2, -0.15) is 0 Å². The van der Waals surface area contributed by atoms with Crippen molar-refractivity contribution in [2.75, 3.05) is 6.54 Å². The molecule has 4 aliphatic rings. The number of halogens is 1. The SMILES string of the molecule is C[C@@H](NC(=O)C[NH2+]C12CC3CC(CC(C3)C1)C2)c1ccc(Cl)cc1. The molecule has 0 aliphatic heterocycles. The van der Waals surface area contributed by atoms with Gasteiger partial charge in [0.1, 0.15) is 0 Å². The zero-order valence-corrected chi connectivity index (χ0v) is 15.2. The highest BCUT2D eigenvalue weighted by Gasteiger charge is 2.53. The van der Waals surface area contributed by atoms with Crippen molar-refractivity contribution in [3.63, 3.8) is 0 Å². The average Bonchev–Trinajstić information content (AvgIpc) is 2.52. The molecule has 0 unspecified atom stereocenters. The van der Waals surface area contributed by atoms with Crippen LogP contribution in [0.5, 0.6) is 0 Å². The van der Waals surface area contributed by atoms with E-state index in [9.17, 15) is 4.79 Å². The third-order valence-corrected chi connectivity index (χ3v) is 6.81. The van der Waals surface area contributed by atoms with Crippen molar-refractivity contribution in [1.82, 2.24) is 5.32 Å². The smallest absolute Gasteiger partial charge is 0.275 e. The summed E-state index contributed by atoms with van der Waals surface area (Å²) in [4.78, 5) is 12.4. The van der Waals surface area contributed by atoms with E-state index in [4.69, 9.17) is 11.6 Å². The number of hydrogen-bond acceptors (Lipinski definition) is 1. The molecule has 3 nitrogen and oxygen atoms in total. The highest BCUT2D eigenvalue weighted by atomic mass is 35.5. The van der Waals surface area contributed by atoms with Crippen LogP contribution in [-0.2, 0) is 4.79 Å². The Morgan fingerprint density at radius 3 is 2.25 bits per heavy atom. The van der Waals surface area contributed by atoms with Gasteiger partial charge in [-0.3, -0.25) is 4.79 Å². The number of nitrogens with one attached hydrogen (secondary N) is 1. The van der Waals surface area contributed by atoms with E-state index in [2.05, 4.69) is 10.6 Å². The molecule has 4 aliphatic carbocycles. The van der Waals surface area contributed by atoms with Gasteiger partial charge in [0, 0.05) is 24.3 Å². The maximum Gasteiger partial charge on any atom is 0.275 e. The van der Waals surface area contributed by atoms with Crippen molar-refractivity contribution >= 4 is 17.5 Å². The molecule has 1 amide bonds. The van der Waals surface area contributed by atoms with Crippen molar-refractivity contribution in [3.8, 4) is 0 Å². The summed E-state index contributed by atoms with van der Waals surface area (Å²) in [6, 6.07) is 7.74. The number of rotatable bonds is 5. The molecule has 4 bridgehead atoms. The molecule has 4 fully saturated rings. The van der Waals surface area contributed by atoms with Crippen LogP contribution in [0.4, 0.5) is 0 Å². The number of nitrogens with two attached hydrogens (primary N) is 1. The lowest BCUT2D eigenvalue weighted by Crippen LogP contribution is -3.00. The molecular formula is C20H28ClN2O+. The third kappa shape index (κ3) is 3.34. The van der Waals surface area contributed by atoms with E-state index in [1.807, 2.05) is 31.2 Å². The average molecular weight is 348 g/mol. The summed E-state index contributed by atoms with van der Waals surface area (Å²) in [5.74, 6) is 2.95. The van der Waals surface area contributed by atoms with Crippen molar-refractivity contribution in [2.45, 2.75) is 57.0 Å². The van der Waals surface area contributed by atoms with E-state index in [0.29, 0.717) is 12.1 Å². The Hall–Kier alpha value is -1.06. The quantitative estimate of drug-likeness (QED) is 0.844. The molecule has 0 heterocycles. The summed E-state index contributed by atoms with van der Waals surface area (Å²) in [6.07, 6.45) is 8.35. The van der Waals surface area contributed by atoms with Crippen LogP contribution in [0.25, 0.3) is 0 Å². The number of quaternary nitrogens is 1. The first-order valence-electron chi connectivity index (χ1n) is 9.40. The Morgan fingerprint density at radius 1 is 1.17 bits per heavy atom. The Kier molecular flexibility index (Phi) is 4.34. The highest BCUT2D eigenvalue weighted by molar-refractivity contribution is 6.30. The Labute approximate surface area is 149 Å². The van der Waals surface area contributed by atoms with Crippen molar-refractivity contribution < 1.29 is 10.1 Å². The molecule has 4 heteroatoms. The van der Waals surface area contributed by atoms with Gasteiger partial charge in [0.25, 0.3) is 5.91 Å². The molecule has 0 spiro atoms. The van der Waals surface area contributed by atoms with E-state index < -0.39 is 0 Å². The van der Waals surface area contributed by atoms with E-state index in [-0.39, 0.29) is 11.9 Å². The Morgan fingerprint density at radius 2 is 1.71 bits per heavy atom. The second kappa shape index (κ2) is 6.34. The number of amides is 1. The zero-order chi connectivity index (χ0) is 16.7. The van der Waals surface area contributed by atoms with Crippen molar-refractivity contribution in [2.24, 2.45) is 17.8 Å². The van der Waals surface area contributed by atoms with Gasteiger partial charge in [-0.05, 0) is 61.6 Å². The number of carbonyl (C=O) groups excluding carboxylic acids is 1. The van der Waals surface area contributed by atoms with Crippen molar-refractivity contribution in [1.29, 1.82) is 0 Å². The molecule has 0 aromatic heterocycles. The highest BCUT2D eigenvalue weighted by Crippen LogP contribution is 2.54. The zero-order valence-electron chi connectivity index (χ0n) is 14.4. The van der Waals surface area contributed by atoms with Crippen LogP contribution >= 0.6 is 11.6 Å². The third-order valence-electron chi connectivity index (χ3n) is 6.55. The predicted molar refractivity (Wildman–Crippen MR) is 95.7 cm³/mol. The minimum absolute atomic E-state index is 0.0273. The maximum atomic E-state index is 12.4. The fourth-order valence-corrected chi connectivity index (χ4v) is 6.00. The lowest BCUT2D eigenvalue weighted by atomic mass is 9.53. The van der Waals surface area contributed by atoms with E-state index in [1.165, 1.54) is 38.5 Å². The van der Waals surface area contributed by atoms with Crippen LogP contribution in [-0.4, -0.2) is 18.0 Å². The first kappa shape index (κ1) is 16.4. The lowest BCUT2D eigenvalue weighted by molar-refractivity contribution is -0.730. The van der Waals surface area contributed by atoms with Gasteiger partial charge in [0.2, 0.25) is 0 Å². The molecule has 130 valence electrons. The summed E-state index contributed by atoms with van der Waals surface area (Å²) < 4.78 is 0. The fraction of sp³-hybridized carbons (Fsp3) is 0.650. The van der Waals surface area contributed by atoms with E-state index in [0.717, 1.165) is 28.3 Å². The number of benzene rings is 1. The lowest BCUT2D eigenvalue weighted by Gasteiger charge is -2.54. The molecule has 1 aromatic carbocycles. The number of carbonyl (C=O) groups is 1. The summed E-state index contributed by atoms with van der Waals surface area (Å²) >= 11 is 5.93. The fourth-order valence-electron chi connectivity index (χ4n) is 5.87. The van der Waals surface area contributed by atoms with Gasteiger partial charge < -0.3 is 10.6 Å². The van der Waals surface area contributed by atoms with E-state index in [1.54, 1.807) is 0 Å². The minimum atomic E-state index is 0.0273. The van der Waals surface area contributed by atoms with Gasteiger partial charge in [0.05, 0.1) is 11.6 Å². The van der Waals surface area contributed by atoms with Crippen LogP contribution in [0.3, 0.4) is 0 Å². The predicted octanol–water partition coefficient (Wildman–Crippen LogP) is 3.05.